The van der Waals surface area contributed by atoms with E-state index in [2.05, 4.69) is 5.32 Å². The van der Waals surface area contributed by atoms with E-state index in [1.54, 1.807) is 12.1 Å². The van der Waals surface area contributed by atoms with E-state index in [4.69, 9.17) is 22.4 Å². The van der Waals surface area contributed by atoms with Crippen molar-refractivity contribution in [2.24, 2.45) is 5.73 Å². The molecule has 96 valence electrons. The van der Waals surface area contributed by atoms with Crippen LogP contribution in [0.15, 0.2) is 18.2 Å². The average molecular weight is 261 g/mol. The molecule has 0 radical (unpaired) electrons. The highest BCUT2D eigenvalue weighted by Gasteiger charge is 2.13. The van der Waals surface area contributed by atoms with Gasteiger partial charge in [-0.1, -0.05) is 17.7 Å². The van der Waals surface area contributed by atoms with Crippen molar-refractivity contribution in [3.63, 3.8) is 0 Å². The molecule has 0 aromatic heterocycles. The number of nitrogens with one attached hydrogen (secondary N) is 1. The third-order valence-electron chi connectivity index (χ3n) is 2.63. The molecule has 0 saturated heterocycles. The van der Waals surface area contributed by atoms with E-state index in [0.717, 1.165) is 5.56 Å². The molecule has 0 spiro atoms. The van der Waals surface area contributed by atoms with Gasteiger partial charge >= 0.3 is 0 Å². The first-order valence-corrected chi connectivity index (χ1v) is 5.98. The van der Waals surface area contributed by atoms with Crippen molar-refractivity contribution in [1.29, 1.82) is 0 Å². The molecule has 17 heavy (non-hydrogen) atoms. The van der Waals surface area contributed by atoms with E-state index in [1.807, 2.05) is 6.92 Å². The molecular formula is C12H18ClFN2O. The lowest BCUT2D eigenvalue weighted by atomic mass is 10.1. The van der Waals surface area contributed by atoms with Gasteiger partial charge in [0.05, 0.1) is 5.02 Å². The monoisotopic (exact) mass is 260 g/mol. The highest BCUT2D eigenvalue weighted by molar-refractivity contribution is 6.30. The Morgan fingerprint density at radius 2 is 2.24 bits per heavy atom. The van der Waals surface area contributed by atoms with Gasteiger partial charge in [0.25, 0.3) is 0 Å². The number of aliphatic hydroxyl groups is 1. The van der Waals surface area contributed by atoms with Gasteiger partial charge in [-0.2, -0.15) is 0 Å². The Hall–Kier alpha value is -0.680. The van der Waals surface area contributed by atoms with E-state index >= 15 is 0 Å². The van der Waals surface area contributed by atoms with Gasteiger partial charge in [0.1, 0.15) is 5.82 Å². The summed E-state index contributed by atoms with van der Waals surface area (Å²) in [5.74, 6) is -0.436. The summed E-state index contributed by atoms with van der Waals surface area (Å²) < 4.78 is 13.0. The number of benzene rings is 1. The Balaban J connectivity index is 2.75. The Bertz CT molecular complexity index is 362. The Morgan fingerprint density at radius 1 is 1.53 bits per heavy atom. The third-order valence-corrected chi connectivity index (χ3v) is 2.92. The van der Waals surface area contributed by atoms with Crippen LogP contribution in [0.3, 0.4) is 0 Å². The third kappa shape index (κ3) is 4.24. The number of nitrogens with two attached hydrogens (primary N) is 1. The van der Waals surface area contributed by atoms with Gasteiger partial charge in [0, 0.05) is 25.2 Å². The minimum atomic E-state index is -0.436. The van der Waals surface area contributed by atoms with Crippen LogP contribution < -0.4 is 11.1 Å². The summed E-state index contributed by atoms with van der Waals surface area (Å²) in [7, 11) is 0. The first-order chi connectivity index (χ1) is 8.08. The molecule has 2 unspecified atom stereocenters. The highest BCUT2D eigenvalue weighted by Crippen LogP contribution is 2.21. The molecule has 1 aromatic carbocycles. The van der Waals surface area contributed by atoms with Crippen LogP contribution in [0.5, 0.6) is 0 Å². The summed E-state index contributed by atoms with van der Waals surface area (Å²) in [6.07, 6.45) is 0.644. The second kappa shape index (κ2) is 6.91. The molecule has 0 aliphatic heterocycles. The molecule has 4 N–H and O–H groups in total. The normalized spacial score (nSPS) is 14.6. The van der Waals surface area contributed by atoms with E-state index in [1.165, 1.54) is 6.07 Å². The summed E-state index contributed by atoms with van der Waals surface area (Å²) in [5.41, 5.74) is 6.53. The summed E-state index contributed by atoms with van der Waals surface area (Å²) in [6.45, 7) is 2.47. The molecule has 0 aliphatic rings. The van der Waals surface area contributed by atoms with Crippen molar-refractivity contribution in [2.45, 2.75) is 25.4 Å². The number of rotatable bonds is 6. The standard InChI is InChI=1S/C12H18ClFN2O/c1-8(4-5-17)16-12(7-15)9-2-3-11(14)10(13)6-9/h2-3,6,8,12,16-17H,4-5,7,15H2,1H3. The molecule has 0 amide bonds. The highest BCUT2D eigenvalue weighted by atomic mass is 35.5. The SMILES string of the molecule is CC(CCO)NC(CN)c1ccc(F)c(Cl)c1. The Morgan fingerprint density at radius 3 is 2.76 bits per heavy atom. The van der Waals surface area contributed by atoms with E-state index < -0.39 is 5.82 Å². The van der Waals surface area contributed by atoms with E-state index in [-0.39, 0.29) is 23.7 Å². The topological polar surface area (TPSA) is 58.3 Å². The zero-order valence-electron chi connectivity index (χ0n) is 9.79. The van der Waals surface area contributed by atoms with Gasteiger partial charge in [0.15, 0.2) is 0 Å². The number of aliphatic hydroxyl groups excluding tert-OH is 1. The molecular weight excluding hydrogens is 243 g/mol. The van der Waals surface area contributed by atoms with Crippen molar-refractivity contribution in [3.8, 4) is 0 Å². The second-order valence-corrected chi connectivity index (χ2v) is 4.45. The lowest BCUT2D eigenvalue weighted by molar-refractivity contribution is 0.263. The Labute approximate surface area is 106 Å². The minimum absolute atomic E-state index is 0.0883. The van der Waals surface area contributed by atoms with Crippen LogP contribution in [0.2, 0.25) is 5.02 Å². The summed E-state index contributed by atoms with van der Waals surface area (Å²) >= 11 is 5.73. The predicted octanol–water partition coefficient (Wildman–Crippen LogP) is 1.84. The molecule has 2 atom stereocenters. The van der Waals surface area contributed by atoms with Gasteiger partial charge in [-0.05, 0) is 31.0 Å². The van der Waals surface area contributed by atoms with Crippen molar-refractivity contribution >= 4 is 11.6 Å². The van der Waals surface area contributed by atoms with Crippen LogP contribution in [-0.4, -0.2) is 24.3 Å². The zero-order chi connectivity index (χ0) is 12.8. The fourth-order valence-electron chi connectivity index (χ4n) is 1.65. The molecule has 0 aliphatic carbocycles. The van der Waals surface area contributed by atoms with E-state index in [0.29, 0.717) is 13.0 Å². The molecule has 1 rings (SSSR count). The molecule has 0 heterocycles. The maximum atomic E-state index is 13.0. The molecule has 1 aromatic rings. The van der Waals surface area contributed by atoms with Gasteiger partial charge in [-0.3, -0.25) is 0 Å². The fourth-order valence-corrected chi connectivity index (χ4v) is 1.84. The molecule has 0 bridgehead atoms. The quantitative estimate of drug-likeness (QED) is 0.732. The van der Waals surface area contributed by atoms with Crippen LogP contribution in [0.4, 0.5) is 4.39 Å². The van der Waals surface area contributed by atoms with Gasteiger partial charge in [-0.15, -0.1) is 0 Å². The molecule has 3 nitrogen and oxygen atoms in total. The lowest BCUT2D eigenvalue weighted by Gasteiger charge is -2.22. The van der Waals surface area contributed by atoms with Crippen LogP contribution in [0.25, 0.3) is 0 Å². The smallest absolute Gasteiger partial charge is 0.141 e. The maximum absolute atomic E-state index is 13.0. The van der Waals surface area contributed by atoms with Crippen LogP contribution in [0.1, 0.15) is 24.9 Å². The summed E-state index contributed by atoms with van der Waals surface area (Å²) in [6, 6.07) is 4.62. The number of hydrogen-bond donors (Lipinski definition) is 3. The van der Waals surface area contributed by atoms with Crippen molar-refractivity contribution in [2.75, 3.05) is 13.2 Å². The van der Waals surface area contributed by atoms with Crippen molar-refractivity contribution in [3.05, 3.63) is 34.6 Å². The van der Waals surface area contributed by atoms with Gasteiger partial charge < -0.3 is 16.2 Å². The van der Waals surface area contributed by atoms with Crippen LogP contribution in [-0.2, 0) is 0 Å². The average Bonchev–Trinajstić information content (AvgIpc) is 2.30. The zero-order valence-corrected chi connectivity index (χ0v) is 10.5. The van der Waals surface area contributed by atoms with Crippen LogP contribution in [0, 0.1) is 5.82 Å². The lowest BCUT2D eigenvalue weighted by Crippen LogP contribution is -2.35. The number of halogens is 2. The fraction of sp³-hybridized carbons (Fsp3) is 0.500. The molecule has 0 fully saturated rings. The minimum Gasteiger partial charge on any atom is -0.396 e. The maximum Gasteiger partial charge on any atom is 0.141 e. The summed E-state index contributed by atoms with van der Waals surface area (Å²) in [5, 5.41) is 12.2. The van der Waals surface area contributed by atoms with Gasteiger partial charge in [0.2, 0.25) is 0 Å². The number of hydrogen-bond acceptors (Lipinski definition) is 3. The Kier molecular flexibility index (Phi) is 5.85. The molecule has 0 saturated carbocycles. The second-order valence-electron chi connectivity index (χ2n) is 4.04. The first-order valence-electron chi connectivity index (χ1n) is 5.60. The van der Waals surface area contributed by atoms with E-state index in [9.17, 15) is 4.39 Å². The predicted molar refractivity (Wildman–Crippen MR) is 67.5 cm³/mol. The largest absolute Gasteiger partial charge is 0.396 e. The van der Waals surface area contributed by atoms with Crippen molar-refractivity contribution in [1.82, 2.24) is 5.32 Å². The molecule has 5 heteroatoms. The first kappa shape index (κ1) is 14.4. The van der Waals surface area contributed by atoms with Gasteiger partial charge in [-0.25, -0.2) is 4.39 Å². The summed E-state index contributed by atoms with van der Waals surface area (Å²) in [4.78, 5) is 0. The van der Waals surface area contributed by atoms with Crippen molar-refractivity contribution < 1.29 is 9.50 Å². The van der Waals surface area contributed by atoms with Crippen LogP contribution >= 0.6 is 11.6 Å².